The van der Waals surface area contributed by atoms with Crippen LogP contribution in [0.25, 0.3) is 5.32 Å². The summed E-state index contributed by atoms with van der Waals surface area (Å²) < 4.78 is 0. The number of hydrogen-bond acceptors (Lipinski definition) is 2. The van der Waals surface area contributed by atoms with Crippen LogP contribution < -0.4 is 51.4 Å². The van der Waals surface area contributed by atoms with Crippen molar-refractivity contribution >= 4 is 5.91 Å². The van der Waals surface area contributed by atoms with E-state index in [4.69, 9.17) is 5.11 Å². The molecule has 0 spiro atoms. The molecule has 1 amide bonds. The Morgan fingerprint density at radius 3 is 2.43 bits per heavy atom. The molecule has 0 rings (SSSR count). The maximum absolute atomic E-state index is 11.0. The van der Waals surface area contributed by atoms with Crippen LogP contribution in [-0.2, 0) is 4.79 Å². The first-order valence-corrected chi connectivity index (χ1v) is 5.12. The standard InChI is InChI=1S/C10H21NO2.K/c1-2-3-4-5-6-7-10(13)11-8-9-12;/h12H,2-9H2,1H3,(H,11,13);/q;+1/p-1. The summed E-state index contributed by atoms with van der Waals surface area (Å²) >= 11 is 0. The predicted octanol–water partition coefficient (Wildman–Crippen LogP) is -0.756. The van der Waals surface area contributed by atoms with Gasteiger partial charge in [0.1, 0.15) is 0 Å². The Labute approximate surface area is 129 Å². The van der Waals surface area contributed by atoms with Gasteiger partial charge in [-0.05, 0) is 12.8 Å². The predicted molar refractivity (Wildman–Crippen MR) is 53.7 cm³/mol. The monoisotopic (exact) mass is 225 g/mol. The molecule has 0 aliphatic carbocycles. The molecule has 1 N–H and O–H groups in total. The molecule has 0 atom stereocenters. The van der Waals surface area contributed by atoms with Gasteiger partial charge >= 0.3 is 51.4 Å². The Kier molecular flexibility index (Phi) is 17.5. The molecule has 0 heterocycles. The van der Waals surface area contributed by atoms with Crippen molar-refractivity contribution in [3.63, 3.8) is 0 Å². The van der Waals surface area contributed by atoms with Crippen molar-refractivity contribution in [2.75, 3.05) is 13.2 Å². The second-order valence-electron chi connectivity index (χ2n) is 3.16. The average Bonchev–Trinajstić information content (AvgIpc) is 2.14. The summed E-state index contributed by atoms with van der Waals surface area (Å²) in [4.78, 5) is 11.0. The average molecular weight is 225 g/mol. The molecule has 0 aromatic rings. The normalized spacial score (nSPS) is 9.29. The van der Waals surface area contributed by atoms with E-state index in [1.807, 2.05) is 0 Å². The fraction of sp³-hybridized carbons (Fsp3) is 0.900. The summed E-state index contributed by atoms with van der Waals surface area (Å²) in [6, 6.07) is 0. The van der Waals surface area contributed by atoms with Gasteiger partial charge in [0.2, 0.25) is 0 Å². The van der Waals surface area contributed by atoms with Gasteiger partial charge in [0.15, 0.2) is 0 Å². The largest absolute Gasteiger partial charge is 1.00 e. The zero-order valence-corrected chi connectivity index (χ0v) is 12.6. The van der Waals surface area contributed by atoms with Gasteiger partial charge in [0, 0.05) is 6.61 Å². The second-order valence-corrected chi connectivity index (χ2v) is 3.16. The van der Waals surface area contributed by atoms with Crippen LogP contribution in [0.1, 0.15) is 45.4 Å². The molecular formula is C10H20KNO2. The van der Waals surface area contributed by atoms with Gasteiger partial charge in [0.05, 0.1) is 5.91 Å². The van der Waals surface area contributed by atoms with E-state index in [-0.39, 0.29) is 70.4 Å². The van der Waals surface area contributed by atoms with Gasteiger partial charge in [-0.3, -0.25) is 0 Å². The van der Waals surface area contributed by atoms with Crippen LogP contribution in [0.3, 0.4) is 0 Å². The van der Waals surface area contributed by atoms with Gasteiger partial charge in [-0.1, -0.05) is 32.6 Å². The third-order valence-corrected chi connectivity index (χ3v) is 1.88. The van der Waals surface area contributed by atoms with Crippen molar-refractivity contribution in [2.45, 2.75) is 45.4 Å². The topological polar surface area (TPSA) is 51.4 Å². The van der Waals surface area contributed by atoms with Gasteiger partial charge < -0.3 is 15.2 Å². The zero-order chi connectivity index (χ0) is 9.94. The number of nitrogens with zero attached hydrogens (tertiary/aromatic N) is 1. The van der Waals surface area contributed by atoms with Gasteiger partial charge in [0.25, 0.3) is 0 Å². The number of carbonyl (C=O) groups is 1. The summed E-state index contributed by atoms with van der Waals surface area (Å²) in [6.45, 7) is 2.40. The molecule has 3 nitrogen and oxygen atoms in total. The van der Waals surface area contributed by atoms with E-state index < -0.39 is 0 Å². The summed E-state index contributed by atoms with van der Waals surface area (Å²) in [6.07, 6.45) is 6.29. The molecule has 0 unspecified atom stereocenters. The van der Waals surface area contributed by atoms with Crippen LogP contribution in [-0.4, -0.2) is 24.2 Å². The quantitative estimate of drug-likeness (QED) is 0.436. The molecule has 14 heavy (non-hydrogen) atoms. The third kappa shape index (κ3) is 13.1. The van der Waals surface area contributed by atoms with Crippen LogP contribution in [0.4, 0.5) is 0 Å². The molecule has 0 saturated heterocycles. The molecule has 0 radical (unpaired) electrons. The molecule has 0 aromatic heterocycles. The van der Waals surface area contributed by atoms with E-state index in [9.17, 15) is 4.79 Å². The van der Waals surface area contributed by atoms with Crippen molar-refractivity contribution in [2.24, 2.45) is 0 Å². The number of amides is 1. The van der Waals surface area contributed by atoms with Crippen molar-refractivity contribution in [3.05, 3.63) is 5.32 Å². The minimum absolute atomic E-state index is 0. The first-order chi connectivity index (χ1) is 6.31. The summed E-state index contributed by atoms with van der Waals surface area (Å²) in [7, 11) is 0. The van der Waals surface area contributed by atoms with E-state index in [1.165, 1.54) is 19.3 Å². The smallest absolute Gasteiger partial charge is 0.652 e. The number of aliphatic hydroxyl groups is 1. The number of rotatable bonds is 8. The molecule has 0 saturated carbocycles. The van der Waals surface area contributed by atoms with Crippen molar-refractivity contribution in [1.29, 1.82) is 0 Å². The van der Waals surface area contributed by atoms with E-state index >= 15 is 0 Å². The zero-order valence-electron chi connectivity index (χ0n) is 9.46. The summed E-state index contributed by atoms with van der Waals surface area (Å²) in [5.41, 5.74) is 0. The Morgan fingerprint density at radius 1 is 1.21 bits per heavy atom. The van der Waals surface area contributed by atoms with Crippen molar-refractivity contribution in [1.82, 2.24) is 0 Å². The molecule has 0 fully saturated rings. The van der Waals surface area contributed by atoms with E-state index in [1.54, 1.807) is 0 Å². The maximum Gasteiger partial charge on any atom is 1.00 e. The van der Waals surface area contributed by atoms with Gasteiger partial charge in [-0.2, -0.15) is 0 Å². The van der Waals surface area contributed by atoms with Crippen LogP contribution >= 0.6 is 0 Å². The summed E-state index contributed by atoms with van der Waals surface area (Å²) in [5, 5.41) is 12.1. The van der Waals surface area contributed by atoms with Crippen LogP contribution in [0.5, 0.6) is 0 Å². The molecule has 78 valence electrons. The number of aliphatic hydroxyl groups excluding tert-OH is 1. The minimum Gasteiger partial charge on any atom is -0.652 e. The third-order valence-electron chi connectivity index (χ3n) is 1.88. The molecule has 0 aliphatic heterocycles. The SMILES string of the molecule is CCCCCCCC(=O)[N-]CCO.[K+]. The van der Waals surface area contributed by atoms with Crippen LogP contribution in [0.2, 0.25) is 0 Å². The second kappa shape index (κ2) is 14.1. The molecule has 0 aliphatic rings. The molecular weight excluding hydrogens is 205 g/mol. The number of hydrogen-bond donors (Lipinski definition) is 1. The molecule has 0 bridgehead atoms. The number of carbonyl (C=O) groups excluding carboxylic acids is 1. The first-order valence-electron chi connectivity index (χ1n) is 5.12. The van der Waals surface area contributed by atoms with E-state index in [2.05, 4.69) is 12.2 Å². The van der Waals surface area contributed by atoms with E-state index in [0.717, 1.165) is 12.8 Å². The number of unbranched alkanes of at least 4 members (excludes halogenated alkanes) is 4. The van der Waals surface area contributed by atoms with Crippen molar-refractivity contribution in [3.8, 4) is 0 Å². The Bertz CT molecular complexity index is 131. The van der Waals surface area contributed by atoms with Gasteiger partial charge in [-0.15, -0.1) is 6.54 Å². The molecule has 0 aromatic carbocycles. The first kappa shape index (κ1) is 17.5. The fourth-order valence-electron chi connectivity index (χ4n) is 1.13. The van der Waals surface area contributed by atoms with Crippen LogP contribution in [0, 0.1) is 0 Å². The Morgan fingerprint density at radius 2 is 1.86 bits per heavy atom. The fourth-order valence-corrected chi connectivity index (χ4v) is 1.13. The molecule has 4 heteroatoms. The van der Waals surface area contributed by atoms with E-state index in [0.29, 0.717) is 6.42 Å². The van der Waals surface area contributed by atoms with Gasteiger partial charge in [-0.25, -0.2) is 0 Å². The maximum atomic E-state index is 11.0. The minimum atomic E-state index is -0.0643. The summed E-state index contributed by atoms with van der Waals surface area (Å²) in [5.74, 6) is -0.0643. The van der Waals surface area contributed by atoms with Crippen LogP contribution in [0.15, 0.2) is 0 Å². The Balaban J connectivity index is 0. The Hall–Kier alpha value is 1.07. The van der Waals surface area contributed by atoms with Crippen molar-refractivity contribution < 1.29 is 61.3 Å².